The molecule has 0 N–H and O–H groups in total. The molecule has 3 aromatic rings. The van der Waals surface area contributed by atoms with Gasteiger partial charge in [0.15, 0.2) is 0 Å². The van der Waals surface area contributed by atoms with Gasteiger partial charge in [-0.1, -0.05) is 23.4 Å². The Morgan fingerprint density at radius 2 is 1.72 bits per heavy atom. The lowest BCUT2D eigenvalue weighted by Crippen LogP contribution is -2.18. The summed E-state index contributed by atoms with van der Waals surface area (Å²) in [6, 6.07) is 10.2. The predicted molar refractivity (Wildman–Crippen MR) is 99.5 cm³/mol. The van der Waals surface area contributed by atoms with Crippen LogP contribution < -0.4 is 9.47 Å². The Labute approximate surface area is 165 Å². The Balaban J connectivity index is 1.67. The average molecular weight is 407 g/mol. The molecule has 0 unspecified atom stereocenters. The van der Waals surface area contributed by atoms with Crippen molar-refractivity contribution in [2.45, 2.75) is 19.3 Å². The Morgan fingerprint density at radius 3 is 2.34 bits per heavy atom. The van der Waals surface area contributed by atoms with E-state index in [4.69, 9.17) is 14.0 Å². The maximum atomic E-state index is 12.7. The number of halogens is 3. The van der Waals surface area contributed by atoms with Crippen molar-refractivity contribution in [2.24, 2.45) is 0 Å². The predicted octanol–water partition coefficient (Wildman–Crippen LogP) is 4.40. The van der Waals surface area contributed by atoms with Gasteiger partial charge in [-0.05, 0) is 25.2 Å². The molecule has 0 aliphatic carbocycles. The van der Waals surface area contributed by atoms with Gasteiger partial charge < -0.3 is 14.0 Å². The Kier molecular flexibility index (Phi) is 6.07. The van der Waals surface area contributed by atoms with Crippen LogP contribution in [0.5, 0.6) is 11.5 Å². The van der Waals surface area contributed by atoms with Gasteiger partial charge in [0.05, 0.1) is 26.3 Å². The molecule has 0 atom stereocenters. The molecule has 0 radical (unpaired) electrons. The second kappa shape index (κ2) is 8.52. The number of benzene rings is 2. The molecule has 0 fully saturated rings. The first kappa shape index (κ1) is 20.7. The van der Waals surface area contributed by atoms with Gasteiger partial charge in [-0.25, -0.2) is 0 Å². The Morgan fingerprint density at radius 1 is 1.00 bits per heavy atom. The van der Waals surface area contributed by atoms with Crippen molar-refractivity contribution in [1.29, 1.82) is 0 Å². The summed E-state index contributed by atoms with van der Waals surface area (Å²) in [6.07, 6.45) is -4.38. The van der Waals surface area contributed by atoms with Crippen LogP contribution in [0, 0.1) is 0 Å². The molecule has 0 saturated carbocycles. The number of hydrogen-bond acceptors (Lipinski definition) is 6. The van der Waals surface area contributed by atoms with Crippen LogP contribution in [0.4, 0.5) is 13.2 Å². The van der Waals surface area contributed by atoms with Gasteiger partial charge >= 0.3 is 6.18 Å². The van der Waals surface area contributed by atoms with Crippen molar-refractivity contribution in [2.75, 3.05) is 21.3 Å². The van der Waals surface area contributed by atoms with E-state index < -0.39 is 11.7 Å². The summed E-state index contributed by atoms with van der Waals surface area (Å²) < 4.78 is 53.9. The van der Waals surface area contributed by atoms with Crippen LogP contribution >= 0.6 is 0 Å². The average Bonchev–Trinajstić information content (AvgIpc) is 3.16. The van der Waals surface area contributed by atoms with E-state index in [1.54, 1.807) is 20.3 Å². The maximum absolute atomic E-state index is 12.7. The standard InChI is InChI=1S/C20H20F3N3O3/c1-26(11-14-6-9-16(27-2)10-17(14)28-3)12-18-24-19(25-29-18)13-4-7-15(8-5-13)20(21,22)23/h4-10H,11-12H2,1-3H3. The third-order valence-electron chi connectivity index (χ3n) is 4.28. The first-order valence-corrected chi connectivity index (χ1v) is 8.70. The highest BCUT2D eigenvalue weighted by Crippen LogP contribution is 2.30. The van der Waals surface area contributed by atoms with E-state index in [9.17, 15) is 13.2 Å². The fourth-order valence-electron chi connectivity index (χ4n) is 2.80. The molecule has 0 saturated heterocycles. The smallest absolute Gasteiger partial charge is 0.416 e. The summed E-state index contributed by atoms with van der Waals surface area (Å²) in [4.78, 5) is 6.22. The van der Waals surface area contributed by atoms with Crippen molar-refractivity contribution in [3.05, 3.63) is 59.5 Å². The molecule has 9 heteroatoms. The van der Waals surface area contributed by atoms with Crippen LogP contribution in [0.15, 0.2) is 47.0 Å². The molecular formula is C20H20F3N3O3. The van der Waals surface area contributed by atoms with Gasteiger partial charge in [-0.15, -0.1) is 0 Å². The zero-order valence-corrected chi connectivity index (χ0v) is 16.2. The lowest BCUT2D eigenvalue weighted by Gasteiger charge is -2.17. The number of ether oxygens (including phenoxy) is 2. The summed E-state index contributed by atoms with van der Waals surface area (Å²) in [7, 11) is 5.06. The lowest BCUT2D eigenvalue weighted by atomic mass is 10.1. The largest absolute Gasteiger partial charge is 0.497 e. The van der Waals surface area contributed by atoms with Crippen molar-refractivity contribution in [3.63, 3.8) is 0 Å². The van der Waals surface area contributed by atoms with E-state index in [1.807, 2.05) is 24.1 Å². The highest BCUT2D eigenvalue weighted by Gasteiger charge is 2.30. The van der Waals surface area contributed by atoms with Crippen molar-refractivity contribution >= 4 is 0 Å². The zero-order chi connectivity index (χ0) is 21.0. The monoisotopic (exact) mass is 407 g/mol. The summed E-state index contributed by atoms with van der Waals surface area (Å²) in [5.74, 6) is 2.00. The minimum atomic E-state index is -4.38. The van der Waals surface area contributed by atoms with Crippen LogP contribution in [0.1, 0.15) is 17.0 Å². The van der Waals surface area contributed by atoms with Crippen molar-refractivity contribution in [1.82, 2.24) is 15.0 Å². The zero-order valence-electron chi connectivity index (χ0n) is 16.2. The molecule has 1 aromatic heterocycles. The topological polar surface area (TPSA) is 60.6 Å². The molecule has 3 rings (SSSR count). The second-order valence-corrected chi connectivity index (χ2v) is 6.44. The summed E-state index contributed by atoms with van der Waals surface area (Å²) >= 11 is 0. The SMILES string of the molecule is COc1ccc(CN(C)Cc2nc(-c3ccc(C(F)(F)F)cc3)no2)c(OC)c1. The second-order valence-electron chi connectivity index (χ2n) is 6.44. The molecule has 2 aromatic carbocycles. The van der Waals surface area contributed by atoms with E-state index in [0.717, 1.165) is 17.7 Å². The van der Waals surface area contributed by atoms with Crippen LogP contribution in [-0.4, -0.2) is 36.3 Å². The van der Waals surface area contributed by atoms with E-state index in [2.05, 4.69) is 10.1 Å². The van der Waals surface area contributed by atoms with Gasteiger partial charge in [-0.3, -0.25) is 4.90 Å². The highest BCUT2D eigenvalue weighted by atomic mass is 19.4. The number of nitrogens with zero attached hydrogens (tertiary/aromatic N) is 3. The minimum absolute atomic E-state index is 0.240. The van der Waals surface area contributed by atoms with Crippen LogP contribution in [0.3, 0.4) is 0 Å². The van der Waals surface area contributed by atoms with Crippen LogP contribution in [-0.2, 0) is 19.3 Å². The highest BCUT2D eigenvalue weighted by molar-refractivity contribution is 5.54. The summed E-state index contributed by atoms with van der Waals surface area (Å²) in [5.41, 5.74) is 0.684. The molecule has 0 aliphatic heterocycles. The number of alkyl halides is 3. The first-order chi connectivity index (χ1) is 13.8. The maximum Gasteiger partial charge on any atom is 0.416 e. The van der Waals surface area contributed by atoms with Crippen LogP contribution in [0.25, 0.3) is 11.4 Å². The van der Waals surface area contributed by atoms with Gasteiger partial charge in [-0.2, -0.15) is 18.2 Å². The van der Waals surface area contributed by atoms with Crippen molar-refractivity contribution < 1.29 is 27.2 Å². The molecule has 1 heterocycles. The number of rotatable bonds is 7. The van der Waals surface area contributed by atoms with Gasteiger partial charge in [0.25, 0.3) is 0 Å². The molecule has 0 spiro atoms. The minimum Gasteiger partial charge on any atom is -0.497 e. The van der Waals surface area contributed by atoms with E-state index in [0.29, 0.717) is 36.0 Å². The molecule has 154 valence electrons. The number of aromatic nitrogens is 2. The third-order valence-corrected chi connectivity index (χ3v) is 4.28. The van der Waals surface area contributed by atoms with Crippen LogP contribution in [0.2, 0.25) is 0 Å². The van der Waals surface area contributed by atoms with Gasteiger partial charge in [0, 0.05) is 23.7 Å². The normalized spacial score (nSPS) is 11.7. The summed E-state index contributed by atoms with van der Waals surface area (Å²) in [6.45, 7) is 0.925. The summed E-state index contributed by atoms with van der Waals surface area (Å²) in [5, 5.41) is 3.86. The molecule has 29 heavy (non-hydrogen) atoms. The van der Waals surface area contributed by atoms with E-state index >= 15 is 0 Å². The van der Waals surface area contributed by atoms with Gasteiger partial charge in [0.2, 0.25) is 11.7 Å². The molecule has 0 aliphatic rings. The molecular weight excluding hydrogens is 387 g/mol. The Bertz CT molecular complexity index is 956. The molecule has 6 nitrogen and oxygen atoms in total. The fraction of sp³-hybridized carbons (Fsp3) is 0.300. The van der Waals surface area contributed by atoms with Crippen molar-refractivity contribution in [3.8, 4) is 22.9 Å². The quantitative estimate of drug-likeness (QED) is 0.578. The fourth-order valence-corrected chi connectivity index (χ4v) is 2.80. The molecule has 0 bridgehead atoms. The first-order valence-electron chi connectivity index (χ1n) is 8.70. The van der Waals surface area contributed by atoms with E-state index in [-0.39, 0.29) is 5.82 Å². The van der Waals surface area contributed by atoms with Gasteiger partial charge in [0.1, 0.15) is 11.5 Å². The third kappa shape index (κ3) is 5.05. The number of methoxy groups -OCH3 is 2. The van der Waals surface area contributed by atoms with E-state index in [1.165, 1.54) is 12.1 Å². The lowest BCUT2D eigenvalue weighted by molar-refractivity contribution is -0.137. The Hall–Kier alpha value is -3.07. The number of hydrogen-bond donors (Lipinski definition) is 0. The molecule has 0 amide bonds.